The molecule has 2 heterocycles. The standard InChI is InChI=1S/C12H8N2O2/c15-7-10-2-4-12(16-10)8-1-3-11-9(5-8)6-13-14-11/h1-7H,(H,13,14). The zero-order chi connectivity index (χ0) is 11.0. The average molecular weight is 212 g/mol. The van der Waals surface area contributed by atoms with E-state index in [-0.39, 0.29) is 0 Å². The van der Waals surface area contributed by atoms with Gasteiger partial charge in [0.15, 0.2) is 12.0 Å². The number of rotatable bonds is 2. The number of aldehydes is 1. The number of nitrogens with zero attached hydrogens (tertiary/aromatic N) is 1. The molecule has 0 unspecified atom stereocenters. The molecule has 0 atom stereocenters. The lowest BCUT2D eigenvalue weighted by Gasteiger charge is -1.96. The number of hydrogen-bond donors (Lipinski definition) is 1. The predicted molar refractivity (Wildman–Crippen MR) is 59.2 cm³/mol. The van der Waals surface area contributed by atoms with Gasteiger partial charge in [0.1, 0.15) is 5.76 Å². The molecule has 0 aliphatic carbocycles. The van der Waals surface area contributed by atoms with Gasteiger partial charge in [-0.15, -0.1) is 0 Å². The molecule has 2 aromatic heterocycles. The van der Waals surface area contributed by atoms with Gasteiger partial charge in [0.25, 0.3) is 0 Å². The maximum atomic E-state index is 10.5. The second-order valence-electron chi connectivity index (χ2n) is 3.49. The van der Waals surface area contributed by atoms with Crippen LogP contribution in [0.4, 0.5) is 0 Å². The first kappa shape index (κ1) is 8.91. The predicted octanol–water partition coefficient (Wildman–Crippen LogP) is 2.64. The van der Waals surface area contributed by atoms with Crippen molar-refractivity contribution in [2.75, 3.05) is 0 Å². The summed E-state index contributed by atoms with van der Waals surface area (Å²) in [4.78, 5) is 10.5. The molecule has 4 heteroatoms. The Morgan fingerprint density at radius 3 is 3.00 bits per heavy atom. The van der Waals surface area contributed by atoms with Crippen LogP contribution in [-0.4, -0.2) is 16.5 Å². The fraction of sp³-hybridized carbons (Fsp3) is 0. The third-order valence-corrected chi connectivity index (χ3v) is 2.47. The summed E-state index contributed by atoms with van der Waals surface area (Å²) < 4.78 is 5.35. The van der Waals surface area contributed by atoms with Crippen molar-refractivity contribution in [3.05, 3.63) is 42.3 Å². The average Bonchev–Trinajstić information content (AvgIpc) is 2.96. The minimum Gasteiger partial charge on any atom is -0.453 e. The molecule has 0 bridgehead atoms. The van der Waals surface area contributed by atoms with Crippen molar-refractivity contribution in [2.24, 2.45) is 0 Å². The molecule has 0 saturated heterocycles. The highest BCUT2D eigenvalue weighted by atomic mass is 16.3. The van der Waals surface area contributed by atoms with Gasteiger partial charge in [-0.25, -0.2) is 0 Å². The molecule has 0 fully saturated rings. The molecule has 16 heavy (non-hydrogen) atoms. The molecule has 0 radical (unpaired) electrons. The Morgan fingerprint density at radius 1 is 1.25 bits per heavy atom. The third-order valence-electron chi connectivity index (χ3n) is 2.47. The topological polar surface area (TPSA) is 58.9 Å². The van der Waals surface area contributed by atoms with Crippen LogP contribution in [0.5, 0.6) is 0 Å². The maximum Gasteiger partial charge on any atom is 0.185 e. The summed E-state index contributed by atoms with van der Waals surface area (Å²) in [6, 6.07) is 9.26. The Labute approximate surface area is 90.9 Å². The Bertz CT molecular complexity index is 652. The monoisotopic (exact) mass is 212 g/mol. The summed E-state index contributed by atoms with van der Waals surface area (Å²) in [6.07, 6.45) is 2.45. The van der Waals surface area contributed by atoms with E-state index in [4.69, 9.17) is 4.42 Å². The SMILES string of the molecule is O=Cc1ccc(-c2ccc3[nH]ncc3c2)o1. The van der Waals surface area contributed by atoms with E-state index in [1.165, 1.54) is 0 Å². The number of benzene rings is 1. The lowest BCUT2D eigenvalue weighted by molar-refractivity contribution is 0.110. The lowest BCUT2D eigenvalue weighted by atomic mass is 10.1. The van der Waals surface area contributed by atoms with Crippen molar-refractivity contribution in [2.45, 2.75) is 0 Å². The fourth-order valence-electron chi connectivity index (χ4n) is 1.67. The van der Waals surface area contributed by atoms with Gasteiger partial charge in [-0.2, -0.15) is 5.10 Å². The number of fused-ring (bicyclic) bond motifs is 1. The van der Waals surface area contributed by atoms with E-state index in [2.05, 4.69) is 10.2 Å². The molecule has 3 aromatic rings. The summed E-state index contributed by atoms with van der Waals surface area (Å²) in [5.41, 5.74) is 1.91. The molecule has 1 aromatic carbocycles. The van der Waals surface area contributed by atoms with Gasteiger partial charge >= 0.3 is 0 Å². The van der Waals surface area contributed by atoms with Crippen LogP contribution in [0, 0.1) is 0 Å². The minimum atomic E-state index is 0.335. The molecule has 4 nitrogen and oxygen atoms in total. The highest BCUT2D eigenvalue weighted by molar-refractivity contribution is 5.83. The van der Waals surface area contributed by atoms with Crippen molar-refractivity contribution >= 4 is 17.2 Å². The van der Waals surface area contributed by atoms with Crippen molar-refractivity contribution in [1.29, 1.82) is 0 Å². The Hall–Kier alpha value is -2.36. The highest BCUT2D eigenvalue weighted by Crippen LogP contribution is 2.24. The van der Waals surface area contributed by atoms with Gasteiger partial charge in [0.05, 0.1) is 11.7 Å². The third kappa shape index (κ3) is 1.32. The van der Waals surface area contributed by atoms with Gasteiger partial charge in [0, 0.05) is 10.9 Å². The van der Waals surface area contributed by atoms with Crippen LogP contribution in [0.25, 0.3) is 22.2 Å². The Morgan fingerprint density at radius 2 is 2.19 bits per heavy atom. The molecule has 0 aliphatic rings. The second kappa shape index (κ2) is 3.34. The number of aromatic amines is 1. The van der Waals surface area contributed by atoms with Crippen LogP contribution in [0.2, 0.25) is 0 Å². The fourth-order valence-corrected chi connectivity index (χ4v) is 1.67. The summed E-state index contributed by atoms with van der Waals surface area (Å²) in [7, 11) is 0. The lowest BCUT2D eigenvalue weighted by Crippen LogP contribution is -1.74. The molecule has 78 valence electrons. The molecule has 1 N–H and O–H groups in total. The first-order chi connectivity index (χ1) is 7.86. The van der Waals surface area contributed by atoms with Crippen LogP contribution in [0.1, 0.15) is 10.6 Å². The second-order valence-corrected chi connectivity index (χ2v) is 3.49. The quantitative estimate of drug-likeness (QED) is 0.664. The normalized spacial score (nSPS) is 10.8. The van der Waals surface area contributed by atoms with Gasteiger partial charge in [-0.05, 0) is 30.3 Å². The van der Waals surface area contributed by atoms with Crippen LogP contribution in [0.3, 0.4) is 0 Å². The summed E-state index contributed by atoms with van der Waals surface area (Å²) >= 11 is 0. The van der Waals surface area contributed by atoms with Gasteiger partial charge in [-0.1, -0.05) is 0 Å². The van der Waals surface area contributed by atoms with E-state index in [0.717, 1.165) is 16.5 Å². The molecular formula is C12H8N2O2. The van der Waals surface area contributed by atoms with E-state index in [1.807, 2.05) is 18.2 Å². The minimum absolute atomic E-state index is 0.335. The first-order valence-corrected chi connectivity index (χ1v) is 4.85. The van der Waals surface area contributed by atoms with Gasteiger partial charge in [-0.3, -0.25) is 9.89 Å². The number of carbonyl (C=O) groups excluding carboxylic acids is 1. The van der Waals surface area contributed by atoms with Crippen LogP contribution >= 0.6 is 0 Å². The first-order valence-electron chi connectivity index (χ1n) is 4.85. The van der Waals surface area contributed by atoms with Crippen molar-refractivity contribution < 1.29 is 9.21 Å². The zero-order valence-electron chi connectivity index (χ0n) is 8.31. The summed E-state index contributed by atoms with van der Waals surface area (Å²) in [5.74, 6) is 1.02. The number of furan rings is 1. The van der Waals surface area contributed by atoms with E-state index >= 15 is 0 Å². The maximum absolute atomic E-state index is 10.5. The zero-order valence-corrected chi connectivity index (χ0v) is 8.31. The molecule has 0 spiro atoms. The van der Waals surface area contributed by atoms with Crippen LogP contribution < -0.4 is 0 Å². The molecular weight excluding hydrogens is 204 g/mol. The molecule has 0 amide bonds. The Kier molecular flexibility index (Phi) is 1.86. The van der Waals surface area contributed by atoms with Crippen molar-refractivity contribution in [3.63, 3.8) is 0 Å². The number of aromatic nitrogens is 2. The molecule has 3 rings (SSSR count). The summed E-state index contributed by atoms with van der Waals surface area (Å²) in [6.45, 7) is 0. The highest BCUT2D eigenvalue weighted by Gasteiger charge is 2.05. The van der Waals surface area contributed by atoms with Crippen molar-refractivity contribution in [3.8, 4) is 11.3 Å². The van der Waals surface area contributed by atoms with E-state index in [0.29, 0.717) is 17.8 Å². The number of hydrogen-bond acceptors (Lipinski definition) is 3. The molecule has 0 saturated carbocycles. The largest absolute Gasteiger partial charge is 0.453 e. The molecule has 0 aliphatic heterocycles. The van der Waals surface area contributed by atoms with E-state index in [9.17, 15) is 4.79 Å². The van der Waals surface area contributed by atoms with Crippen LogP contribution in [-0.2, 0) is 0 Å². The number of carbonyl (C=O) groups is 1. The smallest absolute Gasteiger partial charge is 0.185 e. The van der Waals surface area contributed by atoms with Gasteiger partial charge in [0.2, 0.25) is 0 Å². The van der Waals surface area contributed by atoms with Crippen LogP contribution in [0.15, 0.2) is 40.9 Å². The number of nitrogens with one attached hydrogen (secondary N) is 1. The van der Waals surface area contributed by atoms with E-state index in [1.54, 1.807) is 18.3 Å². The number of H-pyrrole nitrogens is 1. The van der Waals surface area contributed by atoms with E-state index < -0.39 is 0 Å². The summed E-state index contributed by atoms with van der Waals surface area (Å²) in [5, 5.41) is 7.84. The van der Waals surface area contributed by atoms with Crippen molar-refractivity contribution in [1.82, 2.24) is 10.2 Å². The van der Waals surface area contributed by atoms with Gasteiger partial charge < -0.3 is 4.42 Å². The Balaban J connectivity index is 2.13.